The summed E-state index contributed by atoms with van der Waals surface area (Å²) in [5.41, 5.74) is 0. The molecule has 1 N–H and O–H groups in total. The van der Waals surface area contributed by atoms with E-state index in [1.165, 1.54) is 0 Å². The first-order chi connectivity index (χ1) is 9.06. The average Bonchev–Trinajstić information content (AvgIpc) is 2.40. The molecule has 0 aliphatic heterocycles. The molecule has 0 fully saturated rings. The molecule has 0 aliphatic carbocycles. The molecule has 0 spiro atoms. The van der Waals surface area contributed by atoms with Crippen molar-refractivity contribution >= 4 is 0 Å². The fourth-order valence-corrected chi connectivity index (χ4v) is 1.78. The lowest BCUT2D eigenvalue weighted by Crippen LogP contribution is -2.22. The molecule has 1 rings (SSSR count). The van der Waals surface area contributed by atoms with Gasteiger partial charge in [0.05, 0.1) is 18.5 Å². The van der Waals surface area contributed by atoms with E-state index in [0.29, 0.717) is 12.5 Å². The van der Waals surface area contributed by atoms with Gasteiger partial charge in [-0.25, -0.2) is 0 Å². The summed E-state index contributed by atoms with van der Waals surface area (Å²) in [6.45, 7) is 8.87. The van der Waals surface area contributed by atoms with Crippen LogP contribution >= 0.6 is 0 Å². The quantitative estimate of drug-likeness (QED) is 0.753. The van der Waals surface area contributed by atoms with E-state index in [9.17, 15) is 5.11 Å². The zero-order valence-electron chi connectivity index (χ0n) is 12.2. The van der Waals surface area contributed by atoms with Crippen molar-refractivity contribution in [1.82, 2.24) is 0 Å². The first-order valence-electron chi connectivity index (χ1n) is 6.80. The molecular weight excluding hydrogens is 240 g/mol. The number of benzene rings is 1. The summed E-state index contributed by atoms with van der Waals surface area (Å²) in [5, 5.41) is 9.23. The SMILES string of the molecule is C/C=C(/CC(C)C(C)Oc1ccc(O)cc1)OCC. The van der Waals surface area contributed by atoms with Crippen molar-refractivity contribution < 1.29 is 14.6 Å². The Morgan fingerprint density at radius 2 is 1.89 bits per heavy atom. The molecular formula is C16H24O3. The van der Waals surface area contributed by atoms with Gasteiger partial charge in [0.1, 0.15) is 11.5 Å². The summed E-state index contributed by atoms with van der Waals surface area (Å²) < 4.78 is 11.4. The molecule has 106 valence electrons. The number of hydrogen-bond acceptors (Lipinski definition) is 3. The molecule has 3 heteroatoms. The van der Waals surface area contributed by atoms with Gasteiger partial charge in [0.15, 0.2) is 0 Å². The van der Waals surface area contributed by atoms with Gasteiger partial charge in [-0.15, -0.1) is 0 Å². The van der Waals surface area contributed by atoms with Crippen molar-refractivity contribution in [3.8, 4) is 11.5 Å². The Balaban J connectivity index is 2.52. The molecule has 0 aromatic heterocycles. The maximum absolute atomic E-state index is 9.23. The molecule has 1 aromatic carbocycles. The van der Waals surface area contributed by atoms with Crippen LogP contribution in [0.4, 0.5) is 0 Å². The lowest BCUT2D eigenvalue weighted by atomic mass is 10.0. The second kappa shape index (κ2) is 7.72. The highest BCUT2D eigenvalue weighted by atomic mass is 16.5. The van der Waals surface area contributed by atoms with Gasteiger partial charge in [0, 0.05) is 6.42 Å². The Morgan fingerprint density at radius 1 is 1.26 bits per heavy atom. The molecule has 0 heterocycles. The van der Waals surface area contributed by atoms with Crippen LogP contribution in [0.3, 0.4) is 0 Å². The molecule has 0 aliphatic rings. The van der Waals surface area contributed by atoms with Crippen LogP contribution in [0.25, 0.3) is 0 Å². The number of allylic oxidation sites excluding steroid dienone is 2. The highest BCUT2D eigenvalue weighted by molar-refractivity contribution is 5.30. The average molecular weight is 264 g/mol. The molecule has 0 amide bonds. The van der Waals surface area contributed by atoms with Crippen LogP contribution in [0.5, 0.6) is 11.5 Å². The molecule has 0 bridgehead atoms. The molecule has 0 radical (unpaired) electrons. The third-order valence-electron chi connectivity index (χ3n) is 3.13. The fourth-order valence-electron chi connectivity index (χ4n) is 1.78. The predicted molar refractivity (Wildman–Crippen MR) is 77.4 cm³/mol. The fraction of sp³-hybridized carbons (Fsp3) is 0.500. The number of phenols is 1. The summed E-state index contributed by atoms with van der Waals surface area (Å²) in [6.07, 6.45) is 2.96. The van der Waals surface area contributed by atoms with Crippen molar-refractivity contribution in [1.29, 1.82) is 0 Å². The van der Waals surface area contributed by atoms with Crippen molar-refractivity contribution in [2.24, 2.45) is 5.92 Å². The van der Waals surface area contributed by atoms with Crippen LogP contribution in [0.2, 0.25) is 0 Å². The highest BCUT2D eigenvalue weighted by Crippen LogP contribution is 2.22. The van der Waals surface area contributed by atoms with Crippen molar-refractivity contribution in [2.45, 2.75) is 40.2 Å². The van der Waals surface area contributed by atoms with Crippen LogP contribution in [0.15, 0.2) is 36.1 Å². The van der Waals surface area contributed by atoms with Crippen LogP contribution in [0.1, 0.15) is 34.1 Å². The van der Waals surface area contributed by atoms with E-state index in [-0.39, 0.29) is 11.9 Å². The number of hydrogen-bond donors (Lipinski definition) is 1. The minimum atomic E-state index is 0.0833. The van der Waals surface area contributed by atoms with Gasteiger partial charge >= 0.3 is 0 Å². The van der Waals surface area contributed by atoms with Gasteiger partial charge in [-0.2, -0.15) is 0 Å². The van der Waals surface area contributed by atoms with E-state index in [2.05, 4.69) is 13.8 Å². The van der Waals surface area contributed by atoms with E-state index >= 15 is 0 Å². The number of ether oxygens (including phenoxy) is 2. The molecule has 1 aromatic rings. The lowest BCUT2D eigenvalue weighted by molar-refractivity contribution is 0.137. The van der Waals surface area contributed by atoms with Gasteiger partial charge in [-0.1, -0.05) is 6.92 Å². The number of aromatic hydroxyl groups is 1. The third-order valence-corrected chi connectivity index (χ3v) is 3.13. The summed E-state index contributed by atoms with van der Waals surface area (Å²) in [7, 11) is 0. The van der Waals surface area contributed by atoms with Crippen LogP contribution in [0, 0.1) is 5.92 Å². The van der Waals surface area contributed by atoms with E-state index in [4.69, 9.17) is 9.47 Å². The number of phenolic OH excluding ortho intramolecular Hbond substituents is 1. The Morgan fingerprint density at radius 3 is 2.42 bits per heavy atom. The first kappa shape index (κ1) is 15.4. The minimum Gasteiger partial charge on any atom is -0.508 e. The van der Waals surface area contributed by atoms with E-state index in [0.717, 1.165) is 17.9 Å². The molecule has 0 saturated carbocycles. The zero-order valence-corrected chi connectivity index (χ0v) is 12.2. The normalized spacial score (nSPS) is 14.8. The zero-order chi connectivity index (χ0) is 14.3. The van der Waals surface area contributed by atoms with Gasteiger partial charge in [0.25, 0.3) is 0 Å². The molecule has 0 saturated heterocycles. The Kier molecular flexibility index (Phi) is 6.26. The van der Waals surface area contributed by atoms with Gasteiger partial charge in [-0.05, 0) is 57.0 Å². The van der Waals surface area contributed by atoms with E-state index < -0.39 is 0 Å². The molecule has 2 unspecified atom stereocenters. The van der Waals surface area contributed by atoms with Gasteiger partial charge < -0.3 is 14.6 Å². The predicted octanol–water partition coefficient (Wildman–Crippen LogP) is 4.13. The van der Waals surface area contributed by atoms with Crippen molar-refractivity contribution in [3.63, 3.8) is 0 Å². The number of rotatable bonds is 7. The summed E-state index contributed by atoms with van der Waals surface area (Å²) in [6, 6.07) is 6.81. The first-order valence-corrected chi connectivity index (χ1v) is 6.80. The van der Waals surface area contributed by atoms with E-state index in [1.807, 2.05) is 19.9 Å². The monoisotopic (exact) mass is 264 g/mol. The Bertz CT molecular complexity index is 395. The van der Waals surface area contributed by atoms with Gasteiger partial charge in [0.2, 0.25) is 0 Å². The summed E-state index contributed by atoms with van der Waals surface area (Å²) in [4.78, 5) is 0. The van der Waals surface area contributed by atoms with Crippen LogP contribution < -0.4 is 4.74 Å². The van der Waals surface area contributed by atoms with E-state index in [1.54, 1.807) is 24.3 Å². The molecule has 3 nitrogen and oxygen atoms in total. The minimum absolute atomic E-state index is 0.0833. The maximum atomic E-state index is 9.23. The van der Waals surface area contributed by atoms with Crippen molar-refractivity contribution in [2.75, 3.05) is 6.61 Å². The molecule has 2 atom stereocenters. The Labute approximate surface area is 115 Å². The standard InChI is InChI=1S/C16H24O3/c1-5-15(18-6-2)11-12(3)13(4)19-16-9-7-14(17)8-10-16/h5,7-10,12-13,17H,6,11H2,1-4H3/b15-5-. The van der Waals surface area contributed by atoms with Gasteiger partial charge in [-0.3, -0.25) is 0 Å². The van der Waals surface area contributed by atoms with Crippen LogP contribution in [-0.4, -0.2) is 17.8 Å². The molecule has 19 heavy (non-hydrogen) atoms. The smallest absolute Gasteiger partial charge is 0.119 e. The second-order valence-electron chi connectivity index (χ2n) is 4.69. The second-order valence-corrected chi connectivity index (χ2v) is 4.69. The highest BCUT2D eigenvalue weighted by Gasteiger charge is 2.16. The van der Waals surface area contributed by atoms with Crippen LogP contribution in [-0.2, 0) is 4.74 Å². The lowest BCUT2D eigenvalue weighted by Gasteiger charge is -2.22. The summed E-state index contributed by atoms with van der Waals surface area (Å²) >= 11 is 0. The Hall–Kier alpha value is -1.64. The third kappa shape index (κ3) is 5.25. The topological polar surface area (TPSA) is 38.7 Å². The summed E-state index contributed by atoms with van der Waals surface area (Å²) in [5.74, 6) is 2.39. The largest absolute Gasteiger partial charge is 0.508 e. The van der Waals surface area contributed by atoms with Crippen molar-refractivity contribution in [3.05, 3.63) is 36.1 Å². The maximum Gasteiger partial charge on any atom is 0.119 e.